The molecule has 178 valence electrons. The molecule has 0 radical (unpaired) electrons. The Morgan fingerprint density at radius 3 is 2.74 bits per heavy atom. The van der Waals surface area contributed by atoms with E-state index in [0.717, 1.165) is 35.2 Å². The second-order valence-electron chi connectivity index (χ2n) is 9.53. The third-order valence-corrected chi connectivity index (χ3v) is 7.26. The highest BCUT2D eigenvalue weighted by Crippen LogP contribution is 2.38. The van der Waals surface area contributed by atoms with Crippen molar-refractivity contribution in [2.45, 2.75) is 50.6 Å². The lowest BCUT2D eigenvalue weighted by molar-refractivity contribution is -0.121. The van der Waals surface area contributed by atoms with Crippen LogP contribution in [0.25, 0.3) is 10.9 Å². The monoisotopic (exact) mass is 459 g/mol. The van der Waals surface area contributed by atoms with E-state index in [1.165, 1.54) is 37.6 Å². The van der Waals surface area contributed by atoms with Crippen molar-refractivity contribution >= 4 is 28.3 Å². The third-order valence-electron chi connectivity index (χ3n) is 7.26. The average Bonchev–Trinajstić information content (AvgIpc) is 2.85. The number of amides is 1. The van der Waals surface area contributed by atoms with Gasteiger partial charge in [-0.1, -0.05) is 11.6 Å². The van der Waals surface area contributed by atoms with Crippen LogP contribution in [0.2, 0.25) is 0 Å². The van der Waals surface area contributed by atoms with Crippen molar-refractivity contribution in [3.8, 4) is 0 Å². The zero-order chi connectivity index (χ0) is 23.5. The number of fused-ring (bicyclic) bond motifs is 1. The van der Waals surface area contributed by atoms with Crippen molar-refractivity contribution in [1.82, 2.24) is 25.2 Å². The van der Waals surface area contributed by atoms with Gasteiger partial charge in [0.2, 0.25) is 5.91 Å². The minimum atomic E-state index is 0.00468. The standard InChI is InChI=1S/C26H33N7O/c1-17-3-8-23-22(11-17)26(31-16-30-23)29-13-25(34)32-19-14-33(15-19)20-6-4-18(5-7-20)21-9-10-28-12-24(21)27-2/h3,8-12,16,18-20,27H,4-7,13-15H2,1-2H3,(H,32,34)(H,29,30,31). The van der Waals surface area contributed by atoms with Gasteiger partial charge in [-0.05, 0) is 62.3 Å². The number of likely N-dealkylation sites (tertiary alicyclic amines) is 1. The van der Waals surface area contributed by atoms with Crippen molar-refractivity contribution in [3.05, 3.63) is 54.1 Å². The minimum Gasteiger partial charge on any atom is -0.387 e. The van der Waals surface area contributed by atoms with Crippen LogP contribution in [0.15, 0.2) is 43.0 Å². The molecule has 1 aliphatic carbocycles. The number of hydrogen-bond acceptors (Lipinski definition) is 7. The van der Waals surface area contributed by atoms with Crippen LogP contribution in [0.5, 0.6) is 0 Å². The van der Waals surface area contributed by atoms with Gasteiger partial charge in [0.1, 0.15) is 12.1 Å². The SMILES string of the molecule is CNc1cnccc1C1CCC(N2CC(NC(=O)CNc3ncnc4ccc(C)cc34)C2)CC1. The molecule has 1 amide bonds. The Morgan fingerprint density at radius 1 is 1.12 bits per heavy atom. The second kappa shape index (κ2) is 9.93. The molecule has 8 heteroatoms. The predicted molar refractivity (Wildman–Crippen MR) is 135 cm³/mol. The van der Waals surface area contributed by atoms with Crippen LogP contribution in [-0.4, -0.2) is 64.5 Å². The smallest absolute Gasteiger partial charge is 0.239 e. The molecule has 1 saturated carbocycles. The number of nitrogens with zero attached hydrogens (tertiary/aromatic N) is 4. The Morgan fingerprint density at radius 2 is 1.94 bits per heavy atom. The summed E-state index contributed by atoms with van der Waals surface area (Å²) in [5.74, 6) is 1.31. The zero-order valence-electron chi connectivity index (χ0n) is 19.9. The molecule has 1 aromatic carbocycles. The Bertz CT molecular complexity index is 1150. The maximum Gasteiger partial charge on any atom is 0.239 e. The highest BCUT2D eigenvalue weighted by atomic mass is 16.2. The van der Waals surface area contributed by atoms with E-state index in [4.69, 9.17) is 0 Å². The Balaban J connectivity index is 1.06. The molecule has 1 saturated heterocycles. The highest BCUT2D eigenvalue weighted by Gasteiger charge is 2.35. The highest BCUT2D eigenvalue weighted by molar-refractivity contribution is 5.91. The van der Waals surface area contributed by atoms with E-state index >= 15 is 0 Å². The Hall–Kier alpha value is -3.26. The van der Waals surface area contributed by atoms with Crippen LogP contribution in [-0.2, 0) is 4.79 Å². The lowest BCUT2D eigenvalue weighted by Crippen LogP contribution is -2.63. The lowest BCUT2D eigenvalue weighted by Gasteiger charge is -2.46. The van der Waals surface area contributed by atoms with Gasteiger partial charge >= 0.3 is 0 Å². The molecular formula is C26H33N7O. The minimum absolute atomic E-state index is 0.00468. The summed E-state index contributed by atoms with van der Waals surface area (Å²) < 4.78 is 0. The molecule has 0 spiro atoms. The van der Waals surface area contributed by atoms with Crippen molar-refractivity contribution in [3.63, 3.8) is 0 Å². The summed E-state index contributed by atoms with van der Waals surface area (Å²) >= 11 is 0. The first-order valence-corrected chi connectivity index (χ1v) is 12.2. The number of aromatic nitrogens is 3. The normalized spacial score (nSPS) is 21.1. The van der Waals surface area contributed by atoms with Gasteiger partial charge in [-0.15, -0.1) is 0 Å². The van der Waals surface area contributed by atoms with Gasteiger partial charge in [0.25, 0.3) is 0 Å². The van der Waals surface area contributed by atoms with Crippen LogP contribution >= 0.6 is 0 Å². The fourth-order valence-electron chi connectivity index (χ4n) is 5.38. The summed E-state index contributed by atoms with van der Waals surface area (Å²) in [5.41, 5.74) is 4.56. The number of anilines is 2. The predicted octanol–water partition coefficient (Wildman–Crippen LogP) is 3.31. The molecule has 3 heterocycles. The molecule has 0 bridgehead atoms. The van der Waals surface area contributed by atoms with Crippen molar-refractivity contribution < 1.29 is 4.79 Å². The molecule has 5 rings (SSSR count). The van der Waals surface area contributed by atoms with Gasteiger partial charge in [0, 0.05) is 37.8 Å². The average molecular weight is 460 g/mol. The molecule has 1 aliphatic heterocycles. The molecule has 0 unspecified atom stereocenters. The number of benzene rings is 1. The number of aryl methyl sites for hydroxylation is 1. The van der Waals surface area contributed by atoms with E-state index in [1.54, 1.807) is 0 Å². The fraction of sp³-hybridized carbons (Fsp3) is 0.462. The van der Waals surface area contributed by atoms with Crippen LogP contribution in [0, 0.1) is 6.92 Å². The van der Waals surface area contributed by atoms with Crippen LogP contribution < -0.4 is 16.0 Å². The van der Waals surface area contributed by atoms with Gasteiger partial charge in [0.05, 0.1) is 30.0 Å². The van der Waals surface area contributed by atoms with Crippen molar-refractivity contribution in [2.24, 2.45) is 0 Å². The summed E-state index contributed by atoms with van der Waals surface area (Å²) in [6.45, 7) is 4.12. The summed E-state index contributed by atoms with van der Waals surface area (Å²) in [5, 5.41) is 10.6. The van der Waals surface area contributed by atoms with Crippen LogP contribution in [0.3, 0.4) is 0 Å². The Kier molecular flexibility index (Phi) is 6.58. The quantitative estimate of drug-likeness (QED) is 0.499. The van der Waals surface area contributed by atoms with E-state index < -0.39 is 0 Å². The molecule has 2 aliphatic rings. The van der Waals surface area contributed by atoms with Crippen LogP contribution in [0.4, 0.5) is 11.5 Å². The molecule has 0 atom stereocenters. The lowest BCUT2D eigenvalue weighted by atomic mass is 9.80. The van der Waals surface area contributed by atoms with E-state index in [0.29, 0.717) is 17.8 Å². The molecule has 2 aromatic heterocycles. The third kappa shape index (κ3) is 4.82. The van der Waals surface area contributed by atoms with E-state index in [1.807, 2.05) is 44.6 Å². The first-order chi connectivity index (χ1) is 16.6. The van der Waals surface area contributed by atoms with Gasteiger partial charge < -0.3 is 16.0 Å². The number of nitrogens with one attached hydrogen (secondary N) is 3. The second-order valence-corrected chi connectivity index (χ2v) is 9.53. The van der Waals surface area contributed by atoms with Gasteiger partial charge in [-0.25, -0.2) is 9.97 Å². The first kappa shape index (κ1) is 22.5. The topological polar surface area (TPSA) is 95.1 Å². The molecule has 34 heavy (non-hydrogen) atoms. The molecular weight excluding hydrogens is 426 g/mol. The van der Waals surface area contributed by atoms with E-state index in [9.17, 15) is 4.79 Å². The van der Waals surface area contributed by atoms with Gasteiger partial charge in [-0.2, -0.15) is 0 Å². The largest absolute Gasteiger partial charge is 0.387 e. The number of carbonyl (C=O) groups is 1. The molecule has 3 N–H and O–H groups in total. The molecule has 2 fully saturated rings. The first-order valence-electron chi connectivity index (χ1n) is 12.2. The summed E-state index contributed by atoms with van der Waals surface area (Å²) in [7, 11) is 1.97. The van der Waals surface area contributed by atoms with E-state index in [-0.39, 0.29) is 18.5 Å². The van der Waals surface area contributed by atoms with Gasteiger partial charge in [0.15, 0.2) is 0 Å². The maximum absolute atomic E-state index is 12.5. The molecule has 3 aromatic rings. The summed E-state index contributed by atoms with van der Waals surface area (Å²) in [4.78, 5) is 27.9. The van der Waals surface area contributed by atoms with E-state index in [2.05, 4.69) is 41.9 Å². The van der Waals surface area contributed by atoms with Crippen LogP contribution in [0.1, 0.15) is 42.7 Å². The molecule has 8 nitrogen and oxygen atoms in total. The Labute approximate surface area is 200 Å². The number of rotatable bonds is 7. The van der Waals surface area contributed by atoms with Crippen molar-refractivity contribution in [1.29, 1.82) is 0 Å². The van der Waals surface area contributed by atoms with Crippen molar-refractivity contribution in [2.75, 3.05) is 37.3 Å². The fourth-order valence-corrected chi connectivity index (χ4v) is 5.38. The van der Waals surface area contributed by atoms with Gasteiger partial charge in [-0.3, -0.25) is 14.7 Å². The summed E-state index contributed by atoms with van der Waals surface area (Å²) in [6.07, 6.45) is 10.2. The number of pyridine rings is 1. The number of carbonyl (C=O) groups excluding carboxylic acids is 1. The zero-order valence-corrected chi connectivity index (χ0v) is 19.9. The summed E-state index contributed by atoms with van der Waals surface area (Å²) in [6, 6.07) is 9.06. The maximum atomic E-state index is 12.5. The number of hydrogen-bond donors (Lipinski definition) is 3.